The van der Waals surface area contributed by atoms with Gasteiger partial charge in [-0.2, -0.15) is 5.10 Å². The Bertz CT molecular complexity index is 1400. The van der Waals surface area contributed by atoms with E-state index in [2.05, 4.69) is 24.0 Å². The predicted octanol–water partition coefficient (Wildman–Crippen LogP) is 5.28. The number of piperidine rings is 1. The molecule has 10 nitrogen and oxygen atoms in total. The summed E-state index contributed by atoms with van der Waals surface area (Å²) in [4.78, 5) is 26.1. The van der Waals surface area contributed by atoms with E-state index in [0.29, 0.717) is 24.8 Å². The smallest absolute Gasteiger partial charge is 0.410 e. The van der Waals surface area contributed by atoms with Crippen LogP contribution in [0, 0.1) is 13.8 Å². The molecule has 6 rings (SSSR count). The number of hydrogen-bond acceptors (Lipinski definition) is 8. The highest BCUT2D eigenvalue weighted by Gasteiger charge is 2.33. The van der Waals surface area contributed by atoms with Crippen molar-refractivity contribution in [3.63, 3.8) is 0 Å². The van der Waals surface area contributed by atoms with Crippen molar-refractivity contribution in [2.24, 2.45) is 0 Å². The molecule has 1 unspecified atom stereocenters. The van der Waals surface area contributed by atoms with Crippen molar-refractivity contribution in [3.05, 3.63) is 41.3 Å². The third kappa shape index (κ3) is 6.18. The van der Waals surface area contributed by atoms with Gasteiger partial charge in [-0.3, -0.25) is 0 Å². The second-order valence-electron chi connectivity index (χ2n) is 12.7. The molecule has 0 bridgehead atoms. The Hall–Kier alpha value is -3.24. The molecular weight excluding hydrogens is 520 g/mol. The average molecular weight is 563 g/mol. The molecule has 3 aliphatic heterocycles. The molecule has 0 spiro atoms. The summed E-state index contributed by atoms with van der Waals surface area (Å²) in [6.07, 6.45) is 6.84. The summed E-state index contributed by atoms with van der Waals surface area (Å²) < 4.78 is 19.4. The van der Waals surface area contributed by atoms with Gasteiger partial charge in [0, 0.05) is 44.2 Å². The topological polar surface area (TPSA) is 94.8 Å². The lowest BCUT2D eigenvalue weighted by Gasteiger charge is -2.41. The van der Waals surface area contributed by atoms with Crippen LogP contribution in [0.1, 0.15) is 75.7 Å². The zero-order chi connectivity index (χ0) is 28.7. The molecule has 5 heterocycles. The molecule has 3 aliphatic rings. The number of hydrogen-bond donors (Lipinski definition) is 0. The van der Waals surface area contributed by atoms with Gasteiger partial charge in [0.2, 0.25) is 0 Å². The Balaban J connectivity index is 1.17. The van der Waals surface area contributed by atoms with Crippen molar-refractivity contribution >= 4 is 22.8 Å². The number of carbonyl (C=O) groups is 1. The van der Waals surface area contributed by atoms with Crippen LogP contribution in [0.3, 0.4) is 0 Å². The summed E-state index contributed by atoms with van der Waals surface area (Å²) in [6, 6.07) is 6.50. The van der Waals surface area contributed by atoms with Gasteiger partial charge in [-0.15, -0.1) is 0 Å². The molecule has 41 heavy (non-hydrogen) atoms. The monoisotopic (exact) mass is 562 g/mol. The molecule has 3 aromatic rings. The summed E-state index contributed by atoms with van der Waals surface area (Å²) in [5, 5.41) is 5.82. The first-order chi connectivity index (χ1) is 19.6. The first kappa shape index (κ1) is 27.9. The van der Waals surface area contributed by atoms with E-state index >= 15 is 0 Å². The maximum atomic E-state index is 12.6. The standard InChI is InChI=1S/C31H42N6O4/c1-20-14-23-17-32-37(26(23)15-25(20)22-9-11-35(12-10-22)30(38)41-31(3,4)5)28-16-27(33-21(2)34-28)36-18-24(19-36)40-29-8-6-7-13-39-29/h14-17,22,24,29H,6-13,18-19H2,1-5H3. The van der Waals surface area contributed by atoms with Crippen molar-refractivity contribution in [2.45, 2.75) is 90.6 Å². The lowest BCUT2D eigenvalue weighted by atomic mass is 9.86. The van der Waals surface area contributed by atoms with Crippen LogP contribution in [0.15, 0.2) is 24.4 Å². The van der Waals surface area contributed by atoms with Crippen molar-refractivity contribution in [1.82, 2.24) is 24.6 Å². The van der Waals surface area contributed by atoms with E-state index in [-0.39, 0.29) is 18.5 Å². The van der Waals surface area contributed by atoms with Gasteiger partial charge in [0.15, 0.2) is 12.1 Å². The molecule has 220 valence electrons. The number of nitrogens with zero attached hydrogens (tertiary/aromatic N) is 6. The first-order valence-electron chi connectivity index (χ1n) is 15.0. The second-order valence-corrected chi connectivity index (χ2v) is 12.7. The quantitative estimate of drug-likeness (QED) is 0.415. The molecule has 1 amide bonds. The molecule has 3 saturated heterocycles. The number of carbonyl (C=O) groups excluding carboxylic acids is 1. The maximum Gasteiger partial charge on any atom is 0.410 e. The highest BCUT2D eigenvalue weighted by atomic mass is 16.7. The van der Waals surface area contributed by atoms with Crippen molar-refractivity contribution in [1.29, 1.82) is 0 Å². The number of anilines is 1. The molecule has 3 fully saturated rings. The van der Waals surface area contributed by atoms with E-state index in [1.54, 1.807) is 0 Å². The number of fused-ring (bicyclic) bond motifs is 1. The Kier molecular flexibility index (Phi) is 7.63. The van der Waals surface area contributed by atoms with Crippen LogP contribution in [0.25, 0.3) is 16.7 Å². The minimum Gasteiger partial charge on any atom is -0.444 e. The van der Waals surface area contributed by atoms with Crippen molar-refractivity contribution in [3.8, 4) is 5.82 Å². The Morgan fingerprint density at radius 3 is 2.46 bits per heavy atom. The Labute approximate surface area is 242 Å². The van der Waals surface area contributed by atoms with Crippen LogP contribution in [0.4, 0.5) is 10.6 Å². The number of aromatic nitrogens is 4. The van der Waals surface area contributed by atoms with Crippen LogP contribution in [-0.4, -0.2) is 81.5 Å². The van der Waals surface area contributed by atoms with E-state index in [9.17, 15) is 4.79 Å². The summed E-state index contributed by atoms with van der Waals surface area (Å²) in [6.45, 7) is 13.6. The van der Waals surface area contributed by atoms with Gasteiger partial charge < -0.3 is 24.0 Å². The summed E-state index contributed by atoms with van der Waals surface area (Å²) in [5.74, 6) is 2.73. The molecule has 0 radical (unpaired) electrons. The van der Waals surface area contributed by atoms with Crippen LogP contribution < -0.4 is 4.90 Å². The molecule has 0 aliphatic carbocycles. The summed E-state index contributed by atoms with van der Waals surface area (Å²) >= 11 is 0. The number of likely N-dealkylation sites (tertiary alicyclic amines) is 1. The zero-order valence-electron chi connectivity index (χ0n) is 24.9. The summed E-state index contributed by atoms with van der Waals surface area (Å²) in [5.41, 5.74) is 3.11. The summed E-state index contributed by atoms with van der Waals surface area (Å²) in [7, 11) is 0. The fourth-order valence-corrected chi connectivity index (χ4v) is 6.08. The van der Waals surface area contributed by atoms with Gasteiger partial charge in [0.25, 0.3) is 0 Å². The van der Waals surface area contributed by atoms with Crippen LogP contribution >= 0.6 is 0 Å². The molecular formula is C31H42N6O4. The van der Waals surface area contributed by atoms with E-state index in [4.69, 9.17) is 29.3 Å². The minimum atomic E-state index is -0.484. The van der Waals surface area contributed by atoms with E-state index < -0.39 is 5.60 Å². The minimum absolute atomic E-state index is 0.0729. The van der Waals surface area contributed by atoms with Gasteiger partial charge in [0.05, 0.1) is 17.8 Å². The fraction of sp³-hybridized carbons (Fsp3) is 0.613. The number of ether oxygens (including phenoxy) is 3. The highest BCUT2D eigenvalue weighted by Crippen LogP contribution is 2.34. The molecule has 1 atom stereocenters. The highest BCUT2D eigenvalue weighted by molar-refractivity contribution is 5.82. The van der Waals surface area contributed by atoms with E-state index in [1.165, 1.54) is 17.5 Å². The Morgan fingerprint density at radius 2 is 1.76 bits per heavy atom. The van der Waals surface area contributed by atoms with Gasteiger partial charge in [0.1, 0.15) is 17.2 Å². The third-order valence-electron chi connectivity index (χ3n) is 8.22. The average Bonchev–Trinajstić information content (AvgIpc) is 3.32. The number of benzene rings is 1. The number of rotatable bonds is 5. The number of amides is 1. The van der Waals surface area contributed by atoms with Crippen molar-refractivity contribution in [2.75, 3.05) is 37.7 Å². The predicted molar refractivity (Wildman–Crippen MR) is 157 cm³/mol. The number of aryl methyl sites for hydroxylation is 2. The van der Waals surface area contributed by atoms with E-state index in [1.807, 2.05) is 49.5 Å². The SMILES string of the molecule is Cc1nc(N2CC(OC3CCCCO3)C2)cc(-n2ncc3cc(C)c(C4CCN(C(=O)OC(C)(C)C)CC4)cc32)n1. The molecule has 0 N–H and O–H groups in total. The van der Waals surface area contributed by atoms with Crippen LogP contribution in [0.2, 0.25) is 0 Å². The van der Waals surface area contributed by atoms with Gasteiger partial charge in [-0.1, -0.05) is 0 Å². The molecule has 0 saturated carbocycles. The lowest BCUT2D eigenvalue weighted by molar-refractivity contribution is -0.191. The third-order valence-corrected chi connectivity index (χ3v) is 8.22. The molecule has 1 aromatic carbocycles. The zero-order valence-corrected chi connectivity index (χ0v) is 24.9. The van der Waals surface area contributed by atoms with E-state index in [0.717, 1.165) is 67.9 Å². The molecule has 10 heteroatoms. The van der Waals surface area contributed by atoms with Gasteiger partial charge in [-0.25, -0.2) is 19.4 Å². The second kappa shape index (κ2) is 11.2. The maximum absolute atomic E-state index is 12.6. The first-order valence-corrected chi connectivity index (χ1v) is 15.0. The van der Waals surface area contributed by atoms with Gasteiger partial charge >= 0.3 is 6.09 Å². The van der Waals surface area contributed by atoms with Crippen LogP contribution in [0.5, 0.6) is 0 Å². The van der Waals surface area contributed by atoms with Gasteiger partial charge in [-0.05, 0) is 95.9 Å². The molecule has 2 aromatic heterocycles. The Morgan fingerprint density at radius 1 is 1.00 bits per heavy atom. The van der Waals surface area contributed by atoms with Crippen molar-refractivity contribution < 1.29 is 19.0 Å². The largest absolute Gasteiger partial charge is 0.444 e. The fourth-order valence-electron chi connectivity index (χ4n) is 6.08. The lowest BCUT2D eigenvalue weighted by Crippen LogP contribution is -2.54. The van der Waals surface area contributed by atoms with Crippen LogP contribution in [-0.2, 0) is 14.2 Å². The normalized spacial score (nSPS) is 20.9.